The van der Waals surface area contributed by atoms with E-state index in [4.69, 9.17) is 4.52 Å². The molecule has 2 heterocycles. The summed E-state index contributed by atoms with van der Waals surface area (Å²) in [5.74, 6) is 0.227. The molecule has 7 heteroatoms. The highest BCUT2D eigenvalue weighted by molar-refractivity contribution is 5.78. The Kier molecular flexibility index (Phi) is 4.06. The Labute approximate surface area is 150 Å². The Balaban J connectivity index is 1.59. The van der Waals surface area contributed by atoms with E-state index in [-0.39, 0.29) is 29.8 Å². The van der Waals surface area contributed by atoms with Crippen molar-refractivity contribution < 1.29 is 9.32 Å². The van der Waals surface area contributed by atoms with Crippen LogP contribution in [-0.4, -0.2) is 20.6 Å². The lowest BCUT2D eigenvalue weighted by Gasteiger charge is -2.26. The first-order valence-corrected chi connectivity index (χ1v) is 8.75. The van der Waals surface area contributed by atoms with Gasteiger partial charge >= 0.3 is 0 Å². The maximum atomic E-state index is 12.7. The molecule has 134 valence electrons. The molecule has 26 heavy (non-hydrogen) atoms. The van der Waals surface area contributed by atoms with Gasteiger partial charge in [-0.1, -0.05) is 29.4 Å². The van der Waals surface area contributed by atoms with Crippen molar-refractivity contribution in [1.82, 2.24) is 20.0 Å². The summed E-state index contributed by atoms with van der Waals surface area (Å²) in [6.45, 7) is 3.30. The monoisotopic (exact) mass is 352 g/mol. The average molecular weight is 352 g/mol. The smallest absolute Gasteiger partial charge is 0.267 e. The Morgan fingerprint density at radius 3 is 3.00 bits per heavy atom. The lowest BCUT2D eigenvalue weighted by molar-refractivity contribution is -0.122. The van der Waals surface area contributed by atoms with E-state index in [0.717, 1.165) is 19.3 Å². The van der Waals surface area contributed by atoms with Crippen molar-refractivity contribution in [3.63, 3.8) is 0 Å². The number of hydrogen-bond donors (Lipinski definition) is 1. The number of benzene rings is 1. The van der Waals surface area contributed by atoms with Gasteiger partial charge in [-0.05, 0) is 44.2 Å². The lowest BCUT2D eigenvalue weighted by Crippen LogP contribution is -2.37. The van der Waals surface area contributed by atoms with Crippen LogP contribution in [-0.2, 0) is 17.8 Å². The molecule has 0 bridgehead atoms. The molecular weight excluding hydrogens is 332 g/mol. The maximum Gasteiger partial charge on any atom is 0.267 e. The van der Waals surface area contributed by atoms with Gasteiger partial charge in [-0.25, -0.2) is 0 Å². The highest BCUT2D eigenvalue weighted by Crippen LogP contribution is 2.29. The number of carbonyl (C=O) groups excluding carboxylic acids is 1. The fourth-order valence-electron chi connectivity index (χ4n) is 3.64. The zero-order valence-electron chi connectivity index (χ0n) is 14.8. The molecule has 0 fully saturated rings. The number of amides is 1. The highest BCUT2D eigenvalue weighted by atomic mass is 16.5. The van der Waals surface area contributed by atoms with E-state index in [1.807, 2.05) is 12.1 Å². The van der Waals surface area contributed by atoms with E-state index in [2.05, 4.69) is 27.6 Å². The summed E-state index contributed by atoms with van der Waals surface area (Å²) in [4.78, 5) is 29.6. The third kappa shape index (κ3) is 2.79. The van der Waals surface area contributed by atoms with Crippen LogP contribution in [0.25, 0.3) is 11.1 Å². The molecule has 1 aliphatic carbocycles. The van der Waals surface area contributed by atoms with Gasteiger partial charge in [0.25, 0.3) is 11.3 Å². The molecule has 1 unspecified atom stereocenters. The van der Waals surface area contributed by atoms with Crippen molar-refractivity contribution in [1.29, 1.82) is 0 Å². The SMILES string of the molecule is Cc1noc2nc(C)n(CC(=O)NC3CCCc4ccccc43)c(=O)c12. The number of fused-ring (bicyclic) bond motifs is 2. The first kappa shape index (κ1) is 16.5. The minimum Gasteiger partial charge on any atom is -0.348 e. The zero-order valence-corrected chi connectivity index (χ0v) is 14.8. The van der Waals surface area contributed by atoms with Crippen molar-refractivity contribution in [2.45, 2.75) is 45.7 Å². The van der Waals surface area contributed by atoms with Gasteiger partial charge in [0.2, 0.25) is 5.91 Å². The van der Waals surface area contributed by atoms with E-state index in [0.29, 0.717) is 16.9 Å². The van der Waals surface area contributed by atoms with Gasteiger partial charge in [-0.2, -0.15) is 4.98 Å². The number of carbonyl (C=O) groups is 1. The van der Waals surface area contributed by atoms with Crippen LogP contribution in [0.5, 0.6) is 0 Å². The molecule has 0 spiro atoms. The van der Waals surface area contributed by atoms with Gasteiger partial charge in [-0.15, -0.1) is 0 Å². The molecule has 2 aromatic heterocycles. The first-order valence-electron chi connectivity index (χ1n) is 8.75. The Morgan fingerprint density at radius 2 is 2.15 bits per heavy atom. The third-order valence-electron chi connectivity index (χ3n) is 4.96. The average Bonchev–Trinajstić information content (AvgIpc) is 2.99. The Bertz CT molecular complexity index is 1050. The predicted octanol–water partition coefficient (Wildman–Crippen LogP) is 2.20. The van der Waals surface area contributed by atoms with E-state index in [9.17, 15) is 9.59 Å². The molecule has 3 aromatic rings. The summed E-state index contributed by atoms with van der Waals surface area (Å²) < 4.78 is 6.43. The van der Waals surface area contributed by atoms with Gasteiger partial charge in [0.1, 0.15) is 17.8 Å². The summed E-state index contributed by atoms with van der Waals surface area (Å²) >= 11 is 0. The number of nitrogens with one attached hydrogen (secondary N) is 1. The van der Waals surface area contributed by atoms with Crippen molar-refractivity contribution in [2.75, 3.05) is 0 Å². The minimum atomic E-state index is -0.301. The Hall–Kier alpha value is -2.96. The first-order chi connectivity index (χ1) is 12.5. The summed E-state index contributed by atoms with van der Waals surface area (Å²) in [7, 11) is 0. The van der Waals surface area contributed by atoms with Gasteiger partial charge < -0.3 is 9.84 Å². The summed E-state index contributed by atoms with van der Waals surface area (Å²) in [6, 6.07) is 8.16. The predicted molar refractivity (Wildman–Crippen MR) is 95.8 cm³/mol. The lowest BCUT2D eigenvalue weighted by atomic mass is 9.88. The minimum absolute atomic E-state index is 0.0162. The fourth-order valence-corrected chi connectivity index (χ4v) is 3.64. The van der Waals surface area contributed by atoms with Crippen molar-refractivity contribution in [3.05, 3.63) is 57.3 Å². The van der Waals surface area contributed by atoms with Crippen LogP contribution in [0.4, 0.5) is 0 Å². The van der Waals surface area contributed by atoms with Crippen LogP contribution in [0, 0.1) is 13.8 Å². The van der Waals surface area contributed by atoms with Gasteiger partial charge in [0.15, 0.2) is 0 Å². The topological polar surface area (TPSA) is 90.0 Å². The maximum absolute atomic E-state index is 12.7. The van der Waals surface area contributed by atoms with E-state index in [1.54, 1.807) is 13.8 Å². The standard InChI is InChI=1S/C19H20N4O3/c1-11-17-18(26-22-11)20-12(2)23(19(17)25)10-16(24)21-15-9-5-7-13-6-3-4-8-14(13)15/h3-4,6,8,15H,5,7,9-10H2,1-2H3,(H,21,24). The van der Waals surface area contributed by atoms with E-state index in [1.165, 1.54) is 15.7 Å². The second kappa shape index (κ2) is 6.40. The summed E-state index contributed by atoms with van der Waals surface area (Å²) in [5.41, 5.74) is 2.83. The van der Waals surface area contributed by atoms with Crippen LogP contribution in [0.15, 0.2) is 33.6 Å². The highest BCUT2D eigenvalue weighted by Gasteiger charge is 2.22. The van der Waals surface area contributed by atoms with Crippen LogP contribution < -0.4 is 10.9 Å². The van der Waals surface area contributed by atoms with Gasteiger partial charge in [0, 0.05) is 0 Å². The number of aromatic nitrogens is 3. The molecule has 1 amide bonds. The normalized spacial score (nSPS) is 16.5. The molecule has 4 rings (SSSR count). The third-order valence-corrected chi connectivity index (χ3v) is 4.96. The van der Waals surface area contributed by atoms with E-state index < -0.39 is 0 Å². The number of aryl methyl sites for hydroxylation is 3. The summed E-state index contributed by atoms with van der Waals surface area (Å²) in [6.07, 6.45) is 2.97. The van der Waals surface area contributed by atoms with Crippen molar-refractivity contribution in [3.8, 4) is 0 Å². The van der Waals surface area contributed by atoms with Gasteiger partial charge in [0.05, 0.1) is 11.7 Å². The second-order valence-corrected chi connectivity index (χ2v) is 6.71. The summed E-state index contributed by atoms with van der Waals surface area (Å²) in [5, 5.41) is 7.18. The molecule has 0 aliphatic heterocycles. The molecule has 0 saturated carbocycles. The Morgan fingerprint density at radius 1 is 1.35 bits per heavy atom. The largest absolute Gasteiger partial charge is 0.348 e. The zero-order chi connectivity index (χ0) is 18.3. The number of nitrogens with zero attached hydrogens (tertiary/aromatic N) is 3. The van der Waals surface area contributed by atoms with Crippen LogP contribution >= 0.6 is 0 Å². The quantitative estimate of drug-likeness (QED) is 0.780. The van der Waals surface area contributed by atoms with Crippen LogP contribution in [0.1, 0.15) is 41.5 Å². The molecule has 1 N–H and O–H groups in total. The molecule has 0 radical (unpaired) electrons. The number of rotatable bonds is 3. The van der Waals surface area contributed by atoms with Gasteiger partial charge in [-0.3, -0.25) is 14.2 Å². The molecule has 1 atom stereocenters. The van der Waals surface area contributed by atoms with Crippen LogP contribution in [0.3, 0.4) is 0 Å². The van der Waals surface area contributed by atoms with Crippen molar-refractivity contribution >= 4 is 17.0 Å². The second-order valence-electron chi connectivity index (χ2n) is 6.71. The molecule has 0 saturated heterocycles. The van der Waals surface area contributed by atoms with Crippen LogP contribution in [0.2, 0.25) is 0 Å². The molecule has 1 aromatic carbocycles. The number of hydrogen-bond acceptors (Lipinski definition) is 5. The van der Waals surface area contributed by atoms with Crippen molar-refractivity contribution in [2.24, 2.45) is 0 Å². The molecule has 1 aliphatic rings. The molecular formula is C19H20N4O3. The van der Waals surface area contributed by atoms with E-state index >= 15 is 0 Å². The fraction of sp³-hybridized carbons (Fsp3) is 0.368. The molecule has 7 nitrogen and oxygen atoms in total.